The molecule has 0 heterocycles. The molecule has 7 heteroatoms. The van der Waals surface area contributed by atoms with Gasteiger partial charge in [-0.1, -0.05) is 38.1 Å². The van der Waals surface area contributed by atoms with E-state index < -0.39 is 11.8 Å². The fourth-order valence-corrected chi connectivity index (χ4v) is 2.27. The van der Waals surface area contributed by atoms with E-state index in [1.165, 1.54) is 25.0 Å². The standard InChI is InChI=1S/C20H23N3O4/c1-13(2)16-7-4-14(5-8-16)11-21-19(25)20(26)23-22-12-15-6-9-17(24)18(10-15)27-3/h4-10,12-13,24H,11H2,1-3H3,(H,21,25)(H,23,26)/b22-12-. The number of phenols is 1. The predicted octanol–water partition coefficient (Wildman–Crippen LogP) is 2.29. The highest BCUT2D eigenvalue weighted by Gasteiger charge is 2.12. The van der Waals surface area contributed by atoms with Gasteiger partial charge in [0, 0.05) is 6.54 Å². The highest BCUT2D eigenvalue weighted by atomic mass is 16.5. The molecular formula is C20H23N3O4. The van der Waals surface area contributed by atoms with E-state index in [2.05, 4.69) is 29.7 Å². The number of carbonyl (C=O) groups is 2. The Hall–Kier alpha value is -3.35. The highest BCUT2D eigenvalue weighted by molar-refractivity contribution is 6.35. The molecular weight excluding hydrogens is 346 g/mol. The Morgan fingerprint density at radius 3 is 2.48 bits per heavy atom. The van der Waals surface area contributed by atoms with Crippen molar-refractivity contribution in [2.75, 3.05) is 7.11 Å². The molecule has 0 atom stereocenters. The molecule has 0 aliphatic rings. The Bertz CT molecular complexity index is 830. The summed E-state index contributed by atoms with van der Waals surface area (Å²) in [5.74, 6) is -0.920. The molecule has 2 aromatic rings. The second kappa shape index (κ2) is 9.38. The lowest BCUT2D eigenvalue weighted by Crippen LogP contribution is -2.37. The zero-order valence-corrected chi connectivity index (χ0v) is 15.5. The summed E-state index contributed by atoms with van der Waals surface area (Å²) in [5, 5.41) is 15.8. The van der Waals surface area contributed by atoms with Crippen LogP contribution in [0.25, 0.3) is 0 Å². The number of aromatic hydroxyl groups is 1. The van der Waals surface area contributed by atoms with Crippen molar-refractivity contribution in [2.45, 2.75) is 26.3 Å². The lowest BCUT2D eigenvalue weighted by Gasteiger charge is -2.07. The Morgan fingerprint density at radius 2 is 1.85 bits per heavy atom. The van der Waals surface area contributed by atoms with Crippen LogP contribution in [0.4, 0.5) is 0 Å². The van der Waals surface area contributed by atoms with Crippen LogP contribution in [-0.2, 0) is 16.1 Å². The summed E-state index contributed by atoms with van der Waals surface area (Å²) in [6, 6.07) is 12.4. The van der Waals surface area contributed by atoms with Crippen LogP contribution in [0.2, 0.25) is 0 Å². The fourth-order valence-electron chi connectivity index (χ4n) is 2.27. The summed E-state index contributed by atoms with van der Waals surface area (Å²) in [7, 11) is 1.43. The first-order valence-corrected chi connectivity index (χ1v) is 8.47. The summed E-state index contributed by atoms with van der Waals surface area (Å²) >= 11 is 0. The van der Waals surface area contributed by atoms with Crippen LogP contribution >= 0.6 is 0 Å². The number of ether oxygens (including phenoxy) is 1. The van der Waals surface area contributed by atoms with E-state index in [0.29, 0.717) is 11.5 Å². The molecule has 0 saturated heterocycles. The number of hydrazone groups is 1. The van der Waals surface area contributed by atoms with Gasteiger partial charge in [-0.2, -0.15) is 5.10 Å². The van der Waals surface area contributed by atoms with E-state index in [0.717, 1.165) is 5.56 Å². The van der Waals surface area contributed by atoms with E-state index in [-0.39, 0.29) is 18.0 Å². The molecule has 2 aromatic carbocycles. The predicted molar refractivity (Wildman–Crippen MR) is 103 cm³/mol. The number of rotatable bonds is 6. The molecule has 7 nitrogen and oxygen atoms in total. The van der Waals surface area contributed by atoms with Crippen LogP contribution in [-0.4, -0.2) is 30.2 Å². The minimum Gasteiger partial charge on any atom is -0.504 e. The van der Waals surface area contributed by atoms with Crippen LogP contribution < -0.4 is 15.5 Å². The van der Waals surface area contributed by atoms with E-state index >= 15 is 0 Å². The number of amides is 2. The van der Waals surface area contributed by atoms with E-state index in [4.69, 9.17) is 4.74 Å². The van der Waals surface area contributed by atoms with Gasteiger partial charge in [0.15, 0.2) is 11.5 Å². The monoisotopic (exact) mass is 369 g/mol. The molecule has 0 saturated carbocycles. The molecule has 3 N–H and O–H groups in total. The van der Waals surface area contributed by atoms with Gasteiger partial charge in [-0.15, -0.1) is 0 Å². The molecule has 142 valence electrons. The molecule has 2 amide bonds. The topological polar surface area (TPSA) is 100 Å². The van der Waals surface area contributed by atoms with Crippen molar-refractivity contribution < 1.29 is 19.4 Å². The zero-order chi connectivity index (χ0) is 19.8. The Morgan fingerprint density at radius 1 is 1.15 bits per heavy atom. The first-order chi connectivity index (χ1) is 12.9. The fraction of sp³-hybridized carbons (Fsp3) is 0.250. The molecule has 2 rings (SSSR count). The second-order valence-corrected chi connectivity index (χ2v) is 6.21. The number of nitrogens with zero attached hydrogens (tertiary/aromatic N) is 1. The van der Waals surface area contributed by atoms with Crippen LogP contribution in [0.5, 0.6) is 11.5 Å². The first-order valence-electron chi connectivity index (χ1n) is 8.47. The van der Waals surface area contributed by atoms with Gasteiger partial charge in [-0.25, -0.2) is 5.43 Å². The summed E-state index contributed by atoms with van der Waals surface area (Å²) in [6.07, 6.45) is 1.35. The third-order valence-corrected chi connectivity index (χ3v) is 3.89. The van der Waals surface area contributed by atoms with Gasteiger partial charge in [0.05, 0.1) is 13.3 Å². The minimum atomic E-state index is -0.865. The third kappa shape index (κ3) is 5.85. The van der Waals surface area contributed by atoms with Crippen molar-refractivity contribution in [3.05, 3.63) is 59.2 Å². The van der Waals surface area contributed by atoms with Gasteiger partial charge in [0.25, 0.3) is 0 Å². The van der Waals surface area contributed by atoms with Crippen LogP contribution in [0.1, 0.15) is 36.5 Å². The molecule has 0 aliphatic heterocycles. The summed E-state index contributed by atoms with van der Waals surface area (Å²) in [4.78, 5) is 23.6. The number of hydrogen-bond donors (Lipinski definition) is 3. The smallest absolute Gasteiger partial charge is 0.329 e. The number of benzene rings is 2. The summed E-state index contributed by atoms with van der Waals surface area (Å²) < 4.78 is 4.98. The van der Waals surface area contributed by atoms with E-state index in [1.54, 1.807) is 12.1 Å². The Balaban J connectivity index is 1.84. The second-order valence-electron chi connectivity index (χ2n) is 6.21. The minimum absolute atomic E-state index is 0.000472. The molecule has 0 radical (unpaired) electrons. The summed E-state index contributed by atoms with van der Waals surface area (Å²) in [6.45, 7) is 4.47. The van der Waals surface area contributed by atoms with Crippen molar-refractivity contribution in [3.8, 4) is 11.5 Å². The van der Waals surface area contributed by atoms with Gasteiger partial charge in [0.1, 0.15) is 0 Å². The van der Waals surface area contributed by atoms with E-state index in [1.807, 2.05) is 24.3 Å². The van der Waals surface area contributed by atoms with Crippen molar-refractivity contribution in [3.63, 3.8) is 0 Å². The van der Waals surface area contributed by atoms with Crippen LogP contribution in [0.3, 0.4) is 0 Å². The normalized spacial score (nSPS) is 10.8. The van der Waals surface area contributed by atoms with Crippen LogP contribution in [0, 0.1) is 0 Å². The first kappa shape index (κ1) is 20.0. The quantitative estimate of drug-likeness (QED) is 0.413. The lowest BCUT2D eigenvalue weighted by molar-refractivity contribution is -0.139. The number of carbonyl (C=O) groups excluding carboxylic acids is 2. The van der Waals surface area contributed by atoms with Crippen molar-refractivity contribution in [2.24, 2.45) is 5.10 Å². The molecule has 0 unspecified atom stereocenters. The third-order valence-electron chi connectivity index (χ3n) is 3.89. The number of methoxy groups -OCH3 is 1. The number of phenolic OH excluding ortho intramolecular Hbond substituents is 1. The molecule has 0 bridgehead atoms. The average molecular weight is 369 g/mol. The maximum atomic E-state index is 11.8. The highest BCUT2D eigenvalue weighted by Crippen LogP contribution is 2.25. The molecule has 0 aliphatic carbocycles. The molecule has 27 heavy (non-hydrogen) atoms. The maximum Gasteiger partial charge on any atom is 0.329 e. The largest absolute Gasteiger partial charge is 0.504 e. The Kier molecular flexibility index (Phi) is 6.93. The van der Waals surface area contributed by atoms with Gasteiger partial charge in [0.2, 0.25) is 0 Å². The molecule has 0 aromatic heterocycles. The van der Waals surface area contributed by atoms with Gasteiger partial charge < -0.3 is 15.2 Å². The average Bonchev–Trinajstić information content (AvgIpc) is 2.67. The molecule has 0 fully saturated rings. The van der Waals surface area contributed by atoms with Gasteiger partial charge in [-0.3, -0.25) is 9.59 Å². The van der Waals surface area contributed by atoms with Crippen molar-refractivity contribution in [1.29, 1.82) is 0 Å². The zero-order valence-electron chi connectivity index (χ0n) is 15.5. The Labute approximate surface area is 158 Å². The van der Waals surface area contributed by atoms with Gasteiger partial charge >= 0.3 is 11.8 Å². The van der Waals surface area contributed by atoms with Gasteiger partial charge in [-0.05, 0) is 40.8 Å². The maximum absolute atomic E-state index is 11.8. The van der Waals surface area contributed by atoms with Crippen molar-refractivity contribution >= 4 is 18.0 Å². The number of hydrogen-bond acceptors (Lipinski definition) is 5. The SMILES string of the molecule is COc1cc(/C=N\NC(=O)C(=O)NCc2ccc(C(C)C)cc2)ccc1O. The molecule has 0 spiro atoms. The lowest BCUT2D eigenvalue weighted by atomic mass is 10.0. The summed E-state index contributed by atoms with van der Waals surface area (Å²) in [5.41, 5.74) is 4.87. The van der Waals surface area contributed by atoms with Crippen molar-refractivity contribution in [1.82, 2.24) is 10.7 Å². The number of nitrogens with one attached hydrogen (secondary N) is 2. The van der Waals surface area contributed by atoms with E-state index in [9.17, 15) is 14.7 Å². The van der Waals surface area contributed by atoms with Crippen LogP contribution in [0.15, 0.2) is 47.6 Å².